The molecule has 0 fully saturated rings. The van der Waals surface area contributed by atoms with Gasteiger partial charge in [-0.3, -0.25) is 4.79 Å². The first-order valence-electron chi connectivity index (χ1n) is 10.7. The molecule has 2 N–H and O–H groups in total. The maximum atomic E-state index is 12.5. The van der Waals surface area contributed by atoms with Gasteiger partial charge in [-0.05, 0) is 31.9 Å². The lowest BCUT2D eigenvalue weighted by molar-refractivity contribution is 0.0952. The maximum absolute atomic E-state index is 12.5. The molecule has 0 saturated carbocycles. The van der Waals surface area contributed by atoms with Crippen LogP contribution < -0.4 is 10.6 Å². The summed E-state index contributed by atoms with van der Waals surface area (Å²) in [5.41, 5.74) is 3.62. The van der Waals surface area contributed by atoms with Crippen molar-refractivity contribution in [2.75, 3.05) is 18.4 Å². The number of rotatable bonds is 9. The quantitative estimate of drug-likeness (QED) is 0.378. The van der Waals surface area contributed by atoms with Gasteiger partial charge in [0.2, 0.25) is 0 Å². The summed E-state index contributed by atoms with van der Waals surface area (Å²) in [5, 5.41) is 12.9. The largest absolute Gasteiger partial charge is 0.369 e. The number of aromatic nitrogens is 4. The first-order valence-corrected chi connectivity index (χ1v) is 11.6. The van der Waals surface area contributed by atoms with Crippen LogP contribution in [0, 0.1) is 19.8 Å². The Bertz CT molecular complexity index is 1040. The lowest BCUT2D eigenvalue weighted by Crippen LogP contribution is -2.27. The highest BCUT2D eigenvalue weighted by atomic mass is 32.2. The molecular weight excluding hydrogens is 408 g/mol. The van der Waals surface area contributed by atoms with E-state index in [9.17, 15) is 4.79 Å². The smallest absolute Gasteiger partial charge is 0.251 e. The molecule has 0 bridgehead atoms. The zero-order valence-electron chi connectivity index (χ0n) is 19.2. The summed E-state index contributed by atoms with van der Waals surface area (Å²) in [7, 11) is 0. The first kappa shape index (κ1) is 23.1. The first-order chi connectivity index (χ1) is 14.7. The number of fused-ring (bicyclic) bond motifs is 1. The van der Waals surface area contributed by atoms with Gasteiger partial charge < -0.3 is 10.6 Å². The summed E-state index contributed by atoms with van der Waals surface area (Å²) in [4.78, 5) is 22.0. The average molecular weight is 441 g/mol. The van der Waals surface area contributed by atoms with Gasteiger partial charge in [-0.15, -0.1) is 0 Å². The van der Waals surface area contributed by atoms with Gasteiger partial charge in [-0.1, -0.05) is 56.7 Å². The molecule has 0 saturated heterocycles. The summed E-state index contributed by atoms with van der Waals surface area (Å²) >= 11 is 1.63. The number of thioether (sulfide) groups is 1. The highest BCUT2D eigenvalue weighted by Crippen LogP contribution is 2.26. The third kappa shape index (κ3) is 6.19. The summed E-state index contributed by atoms with van der Waals surface area (Å²) in [6.07, 6.45) is 1.80. The van der Waals surface area contributed by atoms with Gasteiger partial charge in [0.15, 0.2) is 10.8 Å². The molecular formula is C23H32N6OS. The van der Waals surface area contributed by atoms with Crippen LogP contribution in [-0.2, 0) is 6.54 Å². The Morgan fingerprint density at radius 2 is 1.81 bits per heavy atom. The van der Waals surface area contributed by atoms with E-state index >= 15 is 0 Å². The third-order valence-corrected chi connectivity index (χ3v) is 5.45. The number of carbonyl (C=O) groups is 1. The van der Waals surface area contributed by atoms with Crippen LogP contribution in [0.15, 0.2) is 29.6 Å². The molecule has 166 valence electrons. The number of aryl methyl sites for hydroxylation is 2. The van der Waals surface area contributed by atoms with E-state index in [4.69, 9.17) is 9.97 Å². The Hall–Kier alpha value is -2.61. The van der Waals surface area contributed by atoms with Gasteiger partial charge in [0.05, 0.1) is 18.1 Å². The molecule has 0 aliphatic heterocycles. The molecule has 2 heterocycles. The zero-order chi connectivity index (χ0) is 22.5. The molecule has 8 heteroatoms. The molecule has 1 aromatic carbocycles. The normalized spacial score (nSPS) is 11.5. The van der Waals surface area contributed by atoms with Crippen molar-refractivity contribution in [3.8, 4) is 0 Å². The van der Waals surface area contributed by atoms with Crippen LogP contribution >= 0.6 is 11.8 Å². The predicted octanol–water partition coefficient (Wildman–Crippen LogP) is 4.44. The Labute approximate surface area is 188 Å². The van der Waals surface area contributed by atoms with Gasteiger partial charge in [-0.25, -0.2) is 14.6 Å². The van der Waals surface area contributed by atoms with E-state index in [0.29, 0.717) is 29.8 Å². The van der Waals surface area contributed by atoms with E-state index < -0.39 is 0 Å². The Morgan fingerprint density at radius 1 is 1.10 bits per heavy atom. The van der Waals surface area contributed by atoms with E-state index in [-0.39, 0.29) is 5.91 Å². The lowest BCUT2D eigenvalue weighted by atomic mass is 10.1. The molecule has 0 aliphatic carbocycles. The van der Waals surface area contributed by atoms with Crippen LogP contribution in [0.1, 0.15) is 49.2 Å². The molecule has 2 aromatic heterocycles. The molecule has 0 spiro atoms. The maximum Gasteiger partial charge on any atom is 0.251 e. The van der Waals surface area contributed by atoms with Crippen molar-refractivity contribution in [1.29, 1.82) is 0 Å². The van der Waals surface area contributed by atoms with Crippen molar-refractivity contribution in [2.24, 2.45) is 5.92 Å². The molecule has 0 radical (unpaired) electrons. The van der Waals surface area contributed by atoms with E-state index in [2.05, 4.69) is 49.5 Å². The number of anilines is 1. The minimum atomic E-state index is -0.0757. The molecule has 1 amide bonds. The number of nitrogens with zero attached hydrogens (tertiary/aromatic N) is 4. The third-order valence-electron chi connectivity index (χ3n) is 4.59. The van der Waals surface area contributed by atoms with Crippen LogP contribution in [0.4, 0.5) is 5.82 Å². The van der Waals surface area contributed by atoms with Crippen LogP contribution in [0.5, 0.6) is 0 Å². The van der Waals surface area contributed by atoms with Crippen molar-refractivity contribution in [2.45, 2.75) is 58.5 Å². The van der Waals surface area contributed by atoms with Crippen LogP contribution in [0.2, 0.25) is 0 Å². The van der Waals surface area contributed by atoms with Gasteiger partial charge in [-0.2, -0.15) is 5.10 Å². The monoisotopic (exact) mass is 440 g/mol. The predicted molar refractivity (Wildman–Crippen MR) is 128 cm³/mol. The van der Waals surface area contributed by atoms with Crippen molar-refractivity contribution < 1.29 is 4.79 Å². The molecule has 0 aliphatic rings. The number of benzene rings is 1. The summed E-state index contributed by atoms with van der Waals surface area (Å²) in [5.74, 6) is 1.24. The van der Waals surface area contributed by atoms with Crippen LogP contribution in [-0.4, -0.2) is 44.0 Å². The van der Waals surface area contributed by atoms with Crippen LogP contribution in [0.25, 0.3) is 11.0 Å². The summed E-state index contributed by atoms with van der Waals surface area (Å²) < 4.78 is 1.84. The minimum Gasteiger partial charge on any atom is -0.369 e. The van der Waals surface area contributed by atoms with Gasteiger partial charge in [0.1, 0.15) is 5.82 Å². The van der Waals surface area contributed by atoms with E-state index in [1.165, 1.54) is 0 Å². The standard InChI is InChI=1S/C23H32N6OS/c1-14(2)12-25-20-19-13-26-29(21(19)28-23(27-20)31-15(3)4)8-7-24-22(30)18-10-16(5)9-17(6)11-18/h9-11,13-15H,7-8,12H2,1-6H3,(H,24,30)(H,25,27,28). The average Bonchev–Trinajstić information content (AvgIpc) is 3.07. The molecule has 0 atom stereocenters. The fourth-order valence-electron chi connectivity index (χ4n) is 3.28. The molecule has 7 nitrogen and oxygen atoms in total. The van der Waals surface area contributed by atoms with Crippen molar-refractivity contribution in [3.05, 3.63) is 41.1 Å². The Kier molecular flexibility index (Phi) is 7.54. The lowest BCUT2D eigenvalue weighted by Gasteiger charge is -2.12. The van der Waals surface area contributed by atoms with E-state index in [1.54, 1.807) is 18.0 Å². The second-order valence-corrected chi connectivity index (χ2v) is 10.1. The topological polar surface area (TPSA) is 84.7 Å². The minimum absolute atomic E-state index is 0.0757. The summed E-state index contributed by atoms with van der Waals surface area (Å²) in [6, 6.07) is 5.87. The summed E-state index contributed by atoms with van der Waals surface area (Å²) in [6.45, 7) is 14.4. The highest BCUT2D eigenvalue weighted by Gasteiger charge is 2.15. The fourth-order valence-corrected chi connectivity index (χ4v) is 3.99. The highest BCUT2D eigenvalue weighted by molar-refractivity contribution is 7.99. The van der Waals surface area contributed by atoms with Crippen molar-refractivity contribution in [3.63, 3.8) is 0 Å². The SMILES string of the molecule is Cc1cc(C)cc(C(=O)NCCn2ncc3c(NCC(C)C)nc(SC(C)C)nc32)c1. The number of hydrogen-bond donors (Lipinski definition) is 2. The molecule has 0 unspecified atom stereocenters. The number of amides is 1. The molecule has 3 aromatic rings. The number of hydrogen-bond acceptors (Lipinski definition) is 6. The van der Waals surface area contributed by atoms with Gasteiger partial charge in [0, 0.05) is 23.9 Å². The van der Waals surface area contributed by atoms with E-state index in [1.807, 2.05) is 30.7 Å². The van der Waals surface area contributed by atoms with Crippen molar-refractivity contribution in [1.82, 2.24) is 25.1 Å². The number of carbonyl (C=O) groups excluding carboxylic acids is 1. The number of nitrogens with one attached hydrogen (secondary N) is 2. The zero-order valence-corrected chi connectivity index (χ0v) is 20.0. The van der Waals surface area contributed by atoms with Crippen molar-refractivity contribution >= 4 is 34.5 Å². The second-order valence-electron chi connectivity index (χ2n) is 8.53. The van der Waals surface area contributed by atoms with E-state index in [0.717, 1.165) is 39.7 Å². The Morgan fingerprint density at radius 3 is 2.45 bits per heavy atom. The van der Waals surface area contributed by atoms with Crippen LogP contribution in [0.3, 0.4) is 0 Å². The molecule has 31 heavy (non-hydrogen) atoms. The Balaban J connectivity index is 1.76. The van der Waals surface area contributed by atoms with Gasteiger partial charge >= 0.3 is 0 Å². The fraction of sp³-hybridized carbons (Fsp3) is 0.478. The molecule has 3 rings (SSSR count). The second kappa shape index (κ2) is 10.1. The van der Waals surface area contributed by atoms with Gasteiger partial charge in [0.25, 0.3) is 5.91 Å².